The fraction of sp³-hybridized carbons (Fsp3) is 0.588. The van der Waals surface area contributed by atoms with Crippen molar-refractivity contribution < 1.29 is 4.79 Å². The first-order chi connectivity index (χ1) is 9.69. The van der Waals surface area contributed by atoms with E-state index in [1.807, 2.05) is 24.3 Å². The van der Waals surface area contributed by atoms with Crippen molar-refractivity contribution in [2.45, 2.75) is 45.6 Å². The van der Waals surface area contributed by atoms with Gasteiger partial charge in [0.25, 0.3) is 0 Å². The van der Waals surface area contributed by atoms with Crippen molar-refractivity contribution in [2.75, 3.05) is 6.54 Å². The highest BCUT2D eigenvalue weighted by Crippen LogP contribution is 2.27. The Labute approximate surface area is 121 Å². The van der Waals surface area contributed by atoms with Gasteiger partial charge in [-0.2, -0.15) is 0 Å². The molecular formula is C17H26N2O. The van der Waals surface area contributed by atoms with Gasteiger partial charge in [-0.3, -0.25) is 4.79 Å². The molecule has 0 bridgehead atoms. The lowest BCUT2D eigenvalue weighted by Crippen LogP contribution is -2.32. The van der Waals surface area contributed by atoms with E-state index in [1.165, 1.54) is 25.7 Å². The summed E-state index contributed by atoms with van der Waals surface area (Å²) in [5, 5.41) is 3.09. The zero-order valence-corrected chi connectivity index (χ0v) is 12.4. The molecule has 0 atom stereocenters. The lowest BCUT2D eigenvalue weighted by molar-refractivity contribution is -0.120. The minimum Gasteiger partial charge on any atom is -0.356 e. The second kappa shape index (κ2) is 7.44. The summed E-state index contributed by atoms with van der Waals surface area (Å²) in [6.07, 6.45) is 5.55. The number of carbonyl (C=O) groups excluding carboxylic acids is 1. The number of hydrogen-bond acceptors (Lipinski definition) is 2. The number of hydrogen-bond donors (Lipinski definition) is 2. The van der Waals surface area contributed by atoms with Crippen LogP contribution in [0.25, 0.3) is 0 Å². The van der Waals surface area contributed by atoms with Crippen LogP contribution in [0.1, 0.15) is 43.7 Å². The van der Waals surface area contributed by atoms with Gasteiger partial charge in [0.2, 0.25) is 5.91 Å². The first-order valence-electron chi connectivity index (χ1n) is 7.72. The summed E-state index contributed by atoms with van der Waals surface area (Å²) in [7, 11) is 0. The number of rotatable bonds is 5. The molecule has 1 aromatic rings. The molecule has 20 heavy (non-hydrogen) atoms. The molecule has 3 nitrogen and oxygen atoms in total. The third-order valence-electron chi connectivity index (χ3n) is 4.41. The minimum atomic E-state index is 0.115. The van der Waals surface area contributed by atoms with Gasteiger partial charge in [0.15, 0.2) is 0 Å². The average Bonchev–Trinajstić information content (AvgIpc) is 2.47. The van der Waals surface area contributed by atoms with Crippen LogP contribution in [0.15, 0.2) is 24.3 Å². The van der Waals surface area contributed by atoms with E-state index in [0.717, 1.165) is 23.6 Å². The zero-order valence-electron chi connectivity index (χ0n) is 12.4. The van der Waals surface area contributed by atoms with Crippen molar-refractivity contribution >= 4 is 5.91 Å². The molecule has 1 saturated carbocycles. The summed E-state index contributed by atoms with van der Waals surface area (Å²) < 4.78 is 0. The summed E-state index contributed by atoms with van der Waals surface area (Å²) in [5.41, 5.74) is 7.81. The van der Waals surface area contributed by atoms with Crippen LogP contribution in [0.4, 0.5) is 0 Å². The van der Waals surface area contributed by atoms with Crippen LogP contribution < -0.4 is 11.1 Å². The van der Waals surface area contributed by atoms with E-state index in [1.54, 1.807) is 0 Å². The Kier molecular flexibility index (Phi) is 5.60. The van der Waals surface area contributed by atoms with Gasteiger partial charge in [0.05, 0.1) is 6.42 Å². The zero-order chi connectivity index (χ0) is 14.4. The van der Waals surface area contributed by atoms with Crippen molar-refractivity contribution in [3.63, 3.8) is 0 Å². The quantitative estimate of drug-likeness (QED) is 0.867. The van der Waals surface area contributed by atoms with Gasteiger partial charge in [0.1, 0.15) is 0 Å². The van der Waals surface area contributed by atoms with Gasteiger partial charge < -0.3 is 11.1 Å². The molecule has 0 saturated heterocycles. The van der Waals surface area contributed by atoms with Crippen molar-refractivity contribution in [1.82, 2.24) is 5.32 Å². The Morgan fingerprint density at radius 1 is 1.20 bits per heavy atom. The van der Waals surface area contributed by atoms with Crippen LogP contribution in [-0.2, 0) is 17.8 Å². The molecule has 2 rings (SSSR count). The molecule has 1 aromatic carbocycles. The van der Waals surface area contributed by atoms with E-state index in [2.05, 4.69) is 12.2 Å². The highest BCUT2D eigenvalue weighted by Gasteiger charge is 2.18. The number of carbonyl (C=O) groups is 1. The molecule has 0 aliphatic heterocycles. The SMILES string of the molecule is CC1CCC(CNC(=O)Cc2ccccc2CN)CC1. The second-order valence-corrected chi connectivity index (χ2v) is 6.08. The number of amides is 1. The van der Waals surface area contributed by atoms with E-state index >= 15 is 0 Å². The fourth-order valence-electron chi connectivity index (χ4n) is 2.96. The topological polar surface area (TPSA) is 55.1 Å². The van der Waals surface area contributed by atoms with Crippen LogP contribution >= 0.6 is 0 Å². The number of benzene rings is 1. The average molecular weight is 274 g/mol. The molecule has 0 aromatic heterocycles. The molecule has 3 N–H and O–H groups in total. The van der Waals surface area contributed by atoms with E-state index in [9.17, 15) is 4.79 Å². The summed E-state index contributed by atoms with van der Waals surface area (Å²) in [4.78, 5) is 12.0. The van der Waals surface area contributed by atoms with Gasteiger partial charge in [-0.1, -0.05) is 44.0 Å². The standard InChI is InChI=1S/C17H26N2O/c1-13-6-8-14(9-7-13)12-19-17(20)10-15-4-2-3-5-16(15)11-18/h2-5,13-14H,6-12,18H2,1H3,(H,19,20). The summed E-state index contributed by atoms with van der Waals surface area (Å²) in [5.74, 6) is 1.64. The van der Waals surface area contributed by atoms with Gasteiger partial charge in [0, 0.05) is 13.1 Å². The first-order valence-corrected chi connectivity index (χ1v) is 7.72. The molecule has 110 valence electrons. The largest absolute Gasteiger partial charge is 0.356 e. The smallest absolute Gasteiger partial charge is 0.224 e. The van der Waals surface area contributed by atoms with Gasteiger partial charge >= 0.3 is 0 Å². The third kappa shape index (κ3) is 4.34. The summed E-state index contributed by atoms with van der Waals surface area (Å²) >= 11 is 0. The van der Waals surface area contributed by atoms with Crippen LogP contribution in [0.3, 0.4) is 0 Å². The molecule has 0 heterocycles. The molecule has 1 amide bonds. The van der Waals surface area contributed by atoms with E-state index in [4.69, 9.17) is 5.73 Å². The molecule has 1 aliphatic rings. The van der Waals surface area contributed by atoms with Gasteiger partial charge in [-0.15, -0.1) is 0 Å². The maximum absolute atomic E-state index is 12.0. The molecule has 0 unspecified atom stereocenters. The van der Waals surface area contributed by atoms with E-state index in [0.29, 0.717) is 18.9 Å². The minimum absolute atomic E-state index is 0.115. The lowest BCUT2D eigenvalue weighted by Gasteiger charge is -2.26. The van der Waals surface area contributed by atoms with Crippen molar-refractivity contribution in [1.29, 1.82) is 0 Å². The highest BCUT2D eigenvalue weighted by molar-refractivity contribution is 5.78. The molecule has 1 aliphatic carbocycles. The first kappa shape index (κ1) is 15.0. The van der Waals surface area contributed by atoms with E-state index in [-0.39, 0.29) is 5.91 Å². The maximum atomic E-state index is 12.0. The van der Waals surface area contributed by atoms with E-state index < -0.39 is 0 Å². The second-order valence-electron chi connectivity index (χ2n) is 6.08. The Bertz CT molecular complexity index is 436. The summed E-state index contributed by atoms with van der Waals surface area (Å²) in [6, 6.07) is 7.91. The van der Waals surface area contributed by atoms with Crippen LogP contribution in [0, 0.1) is 11.8 Å². The Balaban J connectivity index is 1.78. The fourth-order valence-corrected chi connectivity index (χ4v) is 2.96. The van der Waals surface area contributed by atoms with Crippen LogP contribution in [0.2, 0.25) is 0 Å². The molecule has 0 radical (unpaired) electrons. The molecule has 1 fully saturated rings. The Morgan fingerprint density at radius 2 is 1.85 bits per heavy atom. The van der Waals surface area contributed by atoms with Gasteiger partial charge in [-0.05, 0) is 35.8 Å². The van der Waals surface area contributed by atoms with Crippen molar-refractivity contribution in [2.24, 2.45) is 17.6 Å². The lowest BCUT2D eigenvalue weighted by atomic mass is 9.83. The van der Waals surface area contributed by atoms with Gasteiger partial charge in [-0.25, -0.2) is 0 Å². The third-order valence-corrected chi connectivity index (χ3v) is 4.41. The monoisotopic (exact) mass is 274 g/mol. The number of nitrogens with one attached hydrogen (secondary N) is 1. The summed E-state index contributed by atoms with van der Waals surface area (Å²) in [6.45, 7) is 3.64. The predicted molar refractivity (Wildman–Crippen MR) is 82.2 cm³/mol. The molecule has 0 spiro atoms. The number of nitrogens with two attached hydrogens (primary N) is 1. The van der Waals surface area contributed by atoms with Crippen molar-refractivity contribution in [3.8, 4) is 0 Å². The van der Waals surface area contributed by atoms with Crippen molar-refractivity contribution in [3.05, 3.63) is 35.4 Å². The predicted octanol–water partition coefficient (Wildman–Crippen LogP) is 2.63. The van der Waals surface area contributed by atoms with Crippen LogP contribution in [-0.4, -0.2) is 12.5 Å². The molecular weight excluding hydrogens is 248 g/mol. The molecule has 3 heteroatoms. The normalized spacial score (nSPS) is 22.5. The van der Waals surface area contributed by atoms with Crippen LogP contribution in [0.5, 0.6) is 0 Å². The highest BCUT2D eigenvalue weighted by atomic mass is 16.1. The maximum Gasteiger partial charge on any atom is 0.224 e. The Hall–Kier alpha value is -1.35. The Morgan fingerprint density at radius 3 is 2.50 bits per heavy atom.